The Morgan fingerprint density at radius 1 is 1.20 bits per heavy atom. The smallest absolute Gasteiger partial charge is 0.190 e. The van der Waals surface area contributed by atoms with Crippen molar-refractivity contribution < 1.29 is 0 Å². The molecule has 25 heavy (non-hydrogen) atoms. The summed E-state index contributed by atoms with van der Waals surface area (Å²) in [7, 11) is 1.85. The molecular formula is C21H36N4. The van der Waals surface area contributed by atoms with E-state index in [-0.39, 0.29) is 5.41 Å². The van der Waals surface area contributed by atoms with Gasteiger partial charge in [0, 0.05) is 26.7 Å². The predicted octanol–water partition coefficient (Wildman–Crippen LogP) is 3.03. The third-order valence-electron chi connectivity index (χ3n) is 5.13. The van der Waals surface area contributed by atoms with Gasteiger partial charge < -0.3 is 15.5 Å². The van der Waals surface area contributed by atoms with E-state index in [4.69, 9.17) is 0 Å². The Bertz CT molecular complexity index is 542. The van der Waals surface area contributed by atoms with Gasteiger partial charge in [0.05, 0.1) is 0 Å². The Hall–Kier alpha value is -1.55. The molecule has 1 aromatic carbocycles. The fourth-order valence-electron chi connectivity index (χ4n) is 3.32. The standard InChI is InChI=1S/C21H36N4/c1-6-25-14-12-18(16-25)15-24-20(22-5)23-13-11-17-7-9-19(10-8-17)21(2,3)4/h7-10,18H,6,11-16H2,1-5H3,(H2,22,23,24). The zero-order chi connectivity index (χ0) is 18.3. The van der Waals surface area contributed by atoms with E-state index < -0.39 is 0 Å². The molecule has 1 aliphatic heterocycles. The van der Waals surface area contributed by atoms with Gasteiger partial charge in [-0.25, -0.2) is 0 Å². The minimum Gasteiger partial charge on any atom is -0.356 e. The maximum atomic E-state index is 4.35. The highest BCUT2D eigenvalue weighted by molar-refractivity contribution is 5.79. The maximum absolute atomic E-state index is 4.35. The number of nitrogens with zero attached hydrogens (tertiary/aromatic N) is 2. The van der Waals surface area contributed by atoms with Crippen molar-refractivity contribution in [3.05, 3.63) is 35.4 Å². The summed E-state index contributed by atoms with van der Waals surface area (Å²) in [6.45, 7) is 14.5. The number of likely N-dealkylation sites (tertiary alicyclic amines) is 1. The van der Waals surface area contributed by atoms with Gasteiger partial charge >= 0.3 is 0 Å². The van der Waals surface area contributed by atoms with Crippen molar-refractivity contribution >= 4 is 5.96 Å². The molecule has 0 aliphatic carbocycles. The first-order valence-electron chi connectivity index (χ1n) is 9.68. The van der Waals surface area contributed by atoms with Gasteiger partial charge in [-0.1, -0.05) is 52.0 Å². The topological polar surface area (TPSA) is 39.7 Å². The van der Waals surface area contributed by atoms with Gasteiger partial charge in [0.15, 0.2) is 5.96 Å². The molecule has 1 saturated heterocycles. The third kappa shape index (κ3) is 6.35. The quantitative estimate of drug-likeness (QED) is 0.615. The van der Waals surface area contributed by atoms with Crippen LogP contribution in [0.5, 0.6) is 0 Å². The molecule has 0 spiro atoms. The highest BCUT2D eigenvalue weighted by Crippen LogP contribution is 2.22. The van der Waals surface area contributed by atoms with E-state index in [9.17, 15) is 0 Å². The zero-order valence-corrected chi connectivity index (χ0v) is 16.7. The van der Waals surface area contributed by atoms with Gasteiger partial charge in [-0.2, -0.15) is 0 Å². The molecule has 0 aromatic heterocycles. The molecule has 1 aromatic rings. The second kappa shape index (κ2) is 9.23. The van der Waals surface area contributed by atoms with Crippen LogP contribution in [0, 0.1) is 5.92 Å². The van der Waals surface area contributed by atoms with E-state index >= 15 is 0 Å². The second-order valence-corrected chi connectivity index (χ2v) is 8.12. The first-order valence-corrected chi connectivity index (χ1v) is 9.68. The number of hydrogen-bond donors (Lipinski definition) is 2. The van der Waals surface area contributed by atoms with Gasteiger partial charge in [-0.15, -0.1) is 0 Å². The van der Waals surface area contributed by atoms with Crippen LogP contribution in [0.2, 0.25) is 0 Å². The van der Waals surface area contributed by atoms with Crippen LogP contribution in [0.15, 0.2) is 29.3 Å². The van der Waals surface area contributed by atoms with Crippen LogP contribution in [0.25, 0.3) is 0 Å². The van der Waals surface area contributed by atoms with Crippen LogP contribution in [-0.2, 0) is 11.8 Å². The van der Waals surface area contributed by atoms with Crippen molar-refractivity contribution in [1.82, 2.24) is 15.5 Å². The molecule has 1 atom stereocenters. The number of hydrogen-bond acceptors (Lipinski definition) is 2. The molecule has 0 amide bonds. The van der Waals surface area contributed by atoms with Crippen LogP contribution in [0.3, 0.4) is 0 Å². The van der Waals surface area contributed by atoms with Gasteiger partial charge in [-0.05, 0) is 48.4 Å². The highest BCUT2D eigenvalue weighted by atomic mass is 15.2. The summed E-state index contributed by atoms with van der Waals surface area (Å²) in [5.41, 5.74) is 2.97. The maximum Gasteiger partial charge on any atom is 0.190 e. The molecular weight excluding hydrogens is 308 g/mol. The molecule has 1 fully saturated rings. The lowest BCUT2D eigenvalue weighted by Crippen LogP contribution is -2.41. The molecule has 2 rings (SSSR count). The Morgan fingerprint density at radius 3 is 2.48 bits per heavy atom. The van der Waals surface area contributed by atoms with Crippen LogP contribution < -0.4 is 10.6 Å². The lowest BCUT2D eigenvalue weighted by atomic mass is 9.86. The Morgan fingerprint density at radius 2 is 1.92 bits per heavy atom. The molecule has 1 heterocycles. The lowest BCUT2D eigenvalue weighted by Gasteiger charge is -2.19. The Kier molecular flexibility index (Phi) is 7.30. The average molecular weight is 345 g/mol. The summed E-state index contributed by atoms with van der Waals surface area (Å²) in [6.07, 6.45) is 2.30. The van der Waals surface area contributed by atoms with Gasteiger partial charge in [0.25, 0.3) is 0 Å². The lowest BCUT2D eigenvalue weighted by molar-refractivity contribution is 0.342. The number of guanidine groups is 1. The zero-order valence-electron chi connectivity index (χ0n) is 16.7. The predicted molar refractivity (Wildman–Crippen MR) is 108 cm³/mol. The molecule has 2 N–H and O–H groups in total. The molecule has 4 nitrogen and oxygen atoms in total. The number of nitrogens with one attached hydrogen (secondary N) is 2. The first-order chi connectivity index (χ1) is 11.9. The molecule has 0 radical (unpaired) electrons. The van der Waals surface area contributed by atoms with Crippen LogP contribution in [-0.4, -0.2) is 50.6 Å². The van der Waals surface area contributed by atoms with E-state index in [1.165, 1.54) is 30.6 Å². The minimum absolute atomic E-state index is 0.219. The van der Waals surface area contributed by atoms with E-state index in [0.29, 0.717) is 0 Å². The molecule has 1 aliphatic rings. The van der Waals surface area contributed by atoms with Gasteiger partial charge in [-0.3, -0.25) is 4.99 Å². The van der Waals surface area contributed by atoms with Gasteiger partial charge in [0.2, 0.25) is 0 Å². The van der Waals surface area contributed by atoms with Crippen molar-refractivity contribution in [2.75, 3.05) is 39.8 Å². The molecule has 0 saturated carbocycles. The van der Waals surface area contributed by atoms with Crippen LogP contribution >= 0.6 is 0 Å². The Balaban J connectivity index is 1.70. The van der Waals surface area contributed by atoms with Crippen LogP contribution in [0.4, 0.5) is 0 Å². The van der Waals surface area contributed by atoms with E-state index in [2.05, 4.69) is 72.5 Å². The van der Waals surface area contributed by atoms with Crippen LogP contribution in [0.1, 0.15) is 45.2 Å². The summed E-state index contributed by atoms with van der Waals surface area (Å²) in [5, 5.41) is 6.92. The molecule has 140 valence electrons. The fraction of sp³-hybridized carbons (Fsp3) is 0.667. The van der Waals surface area contributed by atoms with E-state index in [1.807, 2.05) is 7.05 Å². The van der Waals surface area contributed by atoms with Crippen molar-refractivity contribution in [2.24, 2.45) is 10.9 Å². The van der Waals surface area contributed by atoms with Crippen molar-refractivity contribution in [1.29, 1.82) is 0 Å². The van der Waals surface area contributed by atoms with Crippen molar-refractivity contribution in [3.8, 4) is 0 Å². The van der Waals surface area contributed by atoms with E-state index in [1.54, 1.807) is 0 Å². The van der Waals surface area contributed by atoms with E-state index in [0.717, 1.165) is 37.9 Å². The normalized spacial score (nSPS) is 19.2. The summed E-state index contributed by atoms with van der Waals surface area (Å²) in [4.78, 5) is 6.86. The van der Waals surface area contributed by atoms with Crippen molar-refractivity contribution in [2.45, 2.75) is 46.0 Å². The minimum atomic E-state index is 0.219. The fourth-order valence-corrected chi connectivity index (χ4v) is 3.32. The monoisotopic (exact) mass is 344 g/mol. The average Bonchev–Trinajstić information content (AvgIpc) is 3.05. The second-order valence-electron chi connectivity index (χ2n) is 8.12. The third-order valence-corrected chi connectivity index (χ3v) is 5.13. The largest absolute Gasteiger partial charge is 0.356 e. The molecule has 1 unspecified atom stereocenters. The first kappa shape index (κ1) is 19.8. The molecule has 4 heteroatoms. The summed E-state index contributed by atoms with van der Waals surface area (Å²) < 4.78 is 0. The summed E-state index contributed by atoms with van der Waals surface area (Å²) >= 11 is 0. The SMILES string of the molecule is CCN1CCC(CNC(=NC)NCCc2ccc(C(C)(C)C)cc2)C1. The molecule has 0 bridgehead atoms. The Labute approximate surface area is 154 Å². The van der Waals surface area contributed by atoms with Gasteiger partial charge in [0.1, 0.15) is 0 Å². The summed E-state index contributed by atoms with van der Waals surface area (Å²) in [6, 6.07) is 9.00. The highest BCUT2D eigenvalue weighted by Gasteiger charge is 2.20. The summed E-state index contributed by atoms with van der Waals surface area (Å²) in [5.74, 6) is 1.66. The number of benzene rings is 1. The van der Waals surface area contributed by atoms with Crippen molar-refractivity contribution in [3.63, 3.8) is 0 Å². The number of aliphatic imine (C=N–C) groups is 1. The number of rotatable bonds is 6.